The molecule has 3 aromatic rings. The summed E-state index contributed by atoms with van der Waals surface area (Å²) in [4.78, 5) is 25.1. The molecule has 0 fully saturated rings. The lowest BCUT2D eigenvalue weighted by atomic mass is 10.2. The fourth-order valence-corrected chi connectivity index (χ4v) is 3.44. The predicted octanol–water partition coefficient (Wildman–Crippen LogP) is 3.86. The zero-order valence-corrected chi connectivity index (χ0v) is 16.6. The van der Waals surface area contributed by atoms with Crippen molar-refractivity contribution in [3.8, 4) is 11.5 Å². The fraction of sp³-hybridized carbons (Fsp3) is 0.0500. The number of anilines is 2. The molecule has 3 N–H and O–H groups in total. The van der Waals surface area contributed by atoms with Gasteiger partial charge in [-0.1, -0.05) is 6.07 Å². The molecule has 2 aromatic carbocycles. The zero-order chi connectivity index (χ0) is 20.2. The van der Waals surface area contributed by atoms with Gasteiger partial charge in [-0.3, -0.25) is 14.9 Å². The van der Waals surface area contributed by atoms with Crippen molar-refractivity contribution < 1.29 is 19.1 Å². The Morgan fingerprint density at radius 2 is 1.62 bits per heavy atom. The van der Waals surface area contributed by atoms with Gasteiger partial charge < -0.3 is 20.1 Å². The van der Waals surface area contributed by atoms with Gasteiger partial charge in [0.25, 0.3) is 11.8 Å². The van der Waals surface area contributed by atoms with Crippen molar-refractivity contribution in [2.45, 2.75) is 0 Å². The van der Waals surface area contributed by atoms with Gasteiger partial charge in [-0.15, -0.1) is 11.3 Å². The molecule has 1 aliphatic heterocycles. The molecule has 0 saturated carbocycles. The molecule has 7 nitrogen and oxygen atoms in total. The summed E-state index contributed by atoms with van der Waals surface area (Å²) in [5.74, 6) is 0.609. The van der Waals surface area contributed by atoms with Crippen LogP contribution in [0.5, 0.6) is 11.5 Å². The summed E-state index contributed by atoms with van der Waals surface area (Å²) in [6, 6.07) is 15.5. The largest absolute Gasteiger partial charge is 0.454 e. The predicted molar refractivity (Wildman–Crippen MR) is 115 cm³/mol. The van der Waals surface area contributed by atoms with Crippen LogP contribution in [0.25, 0.3) is 0 Å². The molecule has 1 aliphatic rings. The smallest absolute Gasteiger partial charge is 0.265 e. The average Bonchev–Trinajstić information content (AvgIpc) is 3.40. The molecule has 0 saturated heterocycles. The molecule has 29 heavy (non-hydrogen) atoms. The van der Waals surface area contributed by atoms with Crippen LogP contribution in [-0.4, -0.2) is 23.7 Å². The number of hydrogen-bond donors (Lipinski definition) is 3. The minimum atomic E-state index is -0.361. The molecule has 0 aliphatic carbocycles. The summed E-state index contributed by atoms with van der Waals surface area (Å²) in [5, 5.41) is 10.4. The fourth-order valence-electron chi connectivity index (χ4n) is 2.61. The Labute approximate surface area is 175 Å². The third kappa shape index (κ3) is 4.53. The molecule has 0 spiro atoms. The lowest BCUT2D eigenvalue weighted by molar-refractivity contribution is 0.0976. The van der Waals surface area contributed by atoms with Crippen molar-refractivity contribution in [2.75, 3.05) is 17.4 Å². The molecule has 1 aromatic heterocycles. The SMILES string of the molecule is O=C(NC(=S)Nc1ccc(NC(=O)c2cccs2)cc1)c1ccc2c(c1)OCO2. The molecule has 146 valence electrons. The van der Waals surface area contributed by atoms with E-state index in [9.17, 15) is 9.59 Å². The average molecular weight is 425 g/mol. The van der Waals surface area contributed by atoms with E-state index in [1.165, 1.54) is 11.3 Å². The summed E-state index contributed by atoms with van der Waals surface area (Å²) >= 11 is 6.58. The van der Waals surface area contributed by atoms with E-state index in [2.05, 4.69) is 16.0 Å². The topological polar surface area (TPSA) is 88.7 Å². The van der Waals surface area contributed by atoms with Crippen molar-refractivity contribution in [3.63, 3.8) is 0 Å². The Hall–Kier alpha value is -3.43. The summed E-state index contributed by atoms with van der Waals surface area (Å²) in [6.07, 6.45) is 0. The molecule has 4 rings (SSSR count). The van der Waals surface area contributed by atoms with Crippen LogP contribution in [-0.2, 0) is 0 Å². The van der Waals surface area contributed by atoms with Crippen molar-refractivity contribution in [1.82, 2.24) is 5.32 Å². The first-order chi connectivity index (χ1) is 14.1. The van der Waals surface area contributed by atoms with Gasteiger partial charge >= 0.3 is 0 Å². The molecular formula is C20H15N3O4S2. The first-order valence-electron chi connectivity index (χ1n) is 8.55. The first-order valence-corrected chi connectivity index (χ1v) is 9.84. The van der Waals surface area contributed by atoms with Crippen LogP contribution < -0.4 is 25.4 Å². The van der Waals surface area contributed by atoms with E-state index in [0.717, 1.165) is 0 Å². The monoisotopic (exact) mass is 425 g/mol. The van der Waals surface area contributed by atoms with Gasteiger partial charge in [0.2, 0.25) is 6.79 Å². The highest BCUT2D eigenvalue weighted by Gasteiger charge is 2.16. The summed E-state index contributed by atoms with van der Waals surface area (Å²) < 4.78 is 10.5. The third-order valence-corrected chi connectivity index (χ3v) is 5.08. The number of ether oxygens (including phenoxy) is 2. The molecule has 9 heteroatoms. The second kappa shape index (κ2) is 8.29. The standard InChI is InChI=1S/C20H15N3O4S2/c24-18(12-3-8-15-16(10-12)27-11-26-15)23-20(28)22-14-6-4-13(5-7-14)21-19(25)17-2-1-9-29-17/h1-10H,11H2,(H,21,25)(H2,22,23,24,28). The molecule has 2 heterocycles. The number of rotatable bonds is 4. The summed E-state index contributed by atoms with van der Waals surface area (Å²) in [5.41, 5.74) is 1.74. The Balaban J connectivity index is 1.32. The maximum atomic E-state index is 12.4. The number of amides is 2. The van der Waals surface area contributed by atoms with Crippen LogP contribution in [0.2, 0.25) is 0 Å². The molecule has 0 radical (unpaired) electrons. The van der Waals surface area contributed by atoms with Gasteiger partial charge in [-0.2, -0.15) is 0 Å². The lowest BCUT2D eigenvalue weighted by Crippen LogP contribution is -2.34. The minimum absolute atomic E-state index is 0.143. The number of benzene rings is 2. The van der Waals surface area contributed by atoms with E-state index in [4.69, 9.17) is 21.7 Å². The summed E-state index contributed by atoms with van der Waals surface area (Å²) in [6.45, 7) is 0.143. The first kappa shape index (κ1) is 18.9. The van der Waals surface area contributed by atoms with Gasteiger partial charge in [-0.05, 0) is 66.1 Å². The van der Waals surface area contributed by atoms with Crippen LogP contribution in [0.4, 0.5) is 11.4 Å². The quantitative estimate of drug-likeness (QED) is 0.550. The van der Waals surface area contributed by atoms with Gasteiger partial charge in [-0.25, -0.2) is 0 Å². The second-order valence-electron chi connectivity index (χ2n) is 5.99. The zero-order valence-electron chi connectivity index (χ0n) is 14.9. The van der Waals surface area contributed by atoms with Crippen LogP contribution in [0.15, 0.2) is 60.0 Å². The number of carbonyl (C=O) groups is 2. The number of hydrogen-bond acceptors (Lipinski definition) is 6. The van der Waals surface area contributed by atoms with Crippen LogP contribution in [0, 0.1) is 0 Å². The maximum Gasteiger partial charge on any atom is 0.265 e. The van der Waals surface area contributed by atoms with E-state index in [1.807, 2.05) is 11.4 Å². The van der Waals surface area contributed by atoms with Crippen LogP contribution in [0.1, 0.15) is 20.0 Å². The van der Waals surface area contributed by atoms with Gasteiger partial charge in [0.1, 0.15) is 0 Å². The number of thiocarbonyl (C=S) groups is 1. The lowest BCUT2D eigenvalue weighted by Gasteiger charge is -2.11. The van der Waals surface area contributed by atoms with E-state index in [1.54, 1.807) is 48.5 Å². The number of carbonyl (C=O) groups excluding carboxylic acids is 2. The molecule has 2 amide bonds. The van der Waals surface area contributed by atoms with Crippen molar-refractivity contribution in [2.24, 2.45) is 0 Å². The Morgan fingerprint density at radius 3 is 2.34 bits per heavy atom. The highest BCUT2D eigenvalue weighted by molar-refractivity contribution is 7.80. The van der Waals surface area contributed by atoms with E-state index in [-0.39, 0.29) is 23.7 Å². The van der Waals surface area contributed by atoms with E-state index >= 15 is 0 Å². The van der Waals surface area contributed by atoms with E-state index < -0.39 is 0 Å². The molecule has 0 bridgehead atoms. The van der Waals surface area contributed by atoms with E-state index in [0.29, 0.717) is 33.3 Å². The van der Waals surface area contributed by atoms with Crippen molar-refractivity contribution in [3.05, 3.63) is 70.4 Å². The van der Waals surface area contributed by atoms with Crippen LogP contribution in [0.3, 0.4) is 0 Å². The third-order valence-electron chi connectivity index (χ3n) is 4.01. The van der Waals surface area contributed by atoms with Crippen molar-refractivity contribution >= 4 is 51.9 Å². The van der Waals surface area contributed by atoms with Gasteiger partial charge in [0.15, 0.2) is 16.6 Å². The summed E-state index contributed by atoms with van der Waals surface area (Å²) in [7, 11) is 0. The van der Waals surface area contributed by atoms with Gasteiger partial charge in [0.05, 0.1) is 4.88 Å². The molecule has 0 unspecified atom stereocenters. The highest BCUT2D eigenvalue weighted by atomic mass is 32.1. The number of thiophene rings is 1. The molecular weight excluding hydrogens is 410 g/mol. The highest BCUT2D eigenvalue weighted by Crippen LogP contribution is 2.32. The van der Waals surface area contributed by atoms with Gasteiger partial charge in [0, 0.05) is 16.9 Å². The minimum Gasteiger partial charge on any atom is -0.454 e. The number of nitrogens with one attached hydrogen (secondary N) is 3. The Morgan fingerprint density at radius 1 is 0.897 bits per heavy atom. The molecule has 0 atom stereocenters. The normalized spacial score (nSPS) is 11.6. The second-order valence-corrected chi connectivity index (χ2v) is 7.34. The Bertz CT molecular complexity index is 1070. The number of fused-ring (bicyclic) bond motifs is 1. The van der Waals surface area contributed by atoms with Crippen molar-refractivity contribution in [1.29, 1.82) is 0 Å². The maximum absolute atomic E-state index is 12.4. The van der Waals surface area contributed by atoms with Crippen LogP contribution >= 0.6 is 23.6 Å². The Kier molecular flexibility index (Phi) is 5.41.